The summed E-state index contributed by atoms with van der Waals surface area (Å²) in [6.07, 6.45) is 7.49. The Morgan fingerprint density at radius 1 is 0.893 bits per heavy atom. The van der Waals surface area contributed by atoms with E-state index in [1.54, 1.807) is 0 Å². The molecule has 1 saturated heterocycles. The van der Waals surface area contributed by atoms with Crippen LogP contribution < -0.4 is 0 Å². The zero-order valence-corrected chi connectivity index (χ0v) is 16.0. The Balaban J connectivity index is 1.66. The molecule has 2 heterocycles. The maximum atomic E-state index is 13.5. The van der Waals surface area contributed by atoms with Gasteiger partial charge in [0.2, 0.25) is 0 Å². The standard InChI is InChI=1S/C25H24N2O/c28-25(27-15-7-2-8-16-27)23-20-11-5-6-12-22(20)26-24-19(13-14-21(23)24)17-18-9-3-1-4-10-18/h1,3-6,9-12,17H,2,7-8,13-16H2. The number of likely N-dealkylation sites (tertiary alicyclic amines) is 1. The van der Waals surface area contributed by atoms with E-state index in [4.69, 9.17) is 4.98 Å². The van der Waals surface area contributed by atoms with Crippen LogP contribution in [0.3, 0.4) is 0 Å². The number of allylic oxidation sites excluding steroid dienone is 1. The maximum Gasteiger partial charge on any atom is 0.254 e. The molecule has 28 heavy (non-hydrogen) atoms. The number of hydrogen-bond donors (Lipinski definition) is 0. The van der Waals surface area contributed by atoms with Crippen molar-refractivity contribution in [2.45, 2.75) is 32.1 Å². The second-order valence-electron chi connectivity index (χ2n) is 7.76. The molecule has 1 aliphatic heterocycles. The van der Waals surface area contributed by atoms with E-state index in [1.807, 2.05) is 29.2 Å². The predicted molar refractivity (Wildman–Crippen MR) is 114 cm³/mol. The smallest absolute Gasteiger partial charge is 0.254 e. The van der Waals surface area contributed by atoms with Crippen LogP contribution in [0.4, 0.5) is 0 Å². The van der Waals surface area contributed by atoms with Gasteiger partial charge in [-0.15, -0.1) is 0 Å². The molecule has 1 aliphatic carbocycles. The van der Waals surface area contributed by atoms with Crippen molar-refractivity contribution >= 4 is 28.5 Å². The van der Waals surface area contributed by atoms with Gasteiger partial charge in [0.15, 0.2) is 0 Å². The lowest BCUT2D eigenvalue weighted by Crippen LogP contribution is -2.36. The number of aromatic nitrogens is 1. The second-order valence-corrected chi connectivity index (χ2v) is 7.76. The molecule has 5 rings (SSSR count). The van der Waals surface area contributed by atoms with Gasteiger partial charge in [0, 0.05) is 18.5 Å². The number of hydrogen-bond acceptors (Lipinski definition) is 2. The molecule has 1 amide bonds. The van der Waals surface area contributed by atoms with Crippen molar-refractivity contribution in [3.05, 3.63) is 77.0 Å². The van der Waals surface area contributed by atoms with Crippen LogP contribution in [0, 0.1) is 0 Å². The molecule has 2 aliphatic rings. The summed E-state index contributed by atoms with van der Waals surface area (Å²) in [5.41, 5.74) is 6.38. The van der Waals surface area contributed by atoms with Crippen molar-refractivity contribution in [2.75, 3.05) is 13.1 Å². The third-order valence-corrected chi connectivity index (χ3v) is 5.94. The number of benzene rings is 2. The monoisotopic (exact) mass is 368 g/mol. The van der Waals surface area contributed by atoms with Gasteiger partial charge < -0.3 is 4.90 Å². The minimum absolute atomic E-state index is 0.190. The first kappa shape index (κ1) is 17.2. The van der Waals surface area contributed by atoms with E-state index >= 15 is 0 Å². The summed E-state index contributed by atoms with van der Waals surface area (Å²) in [7, 11) is 0. The SMILES string of the molecule is O=C(c1c2c(nc3ccccc13)C(=Cc1ccccc1)CC2)N1CCCCC1. The van der Waals surface area contributed by atoms with Crippen LogP contribution in [0.25, 0.3) is 22.6 Å². The van der Waals surface area contributed by atoms with Crippen LogP contribution in [0.2, 0.25) is 0 Å². The van der Waals surface area contributed by atoms with E-state index < -0.39 is 0 Å². The van der Waals surface area contributed by atoms with E-state index in [2.05, 4.69) is 36.4 Å². The summed E-state index contributed by atoms with van der Waals surface area (Å²) >= 11 is 0. The van der Waals surface area contributed by atoms with E-state index in [0.717, 1.165) is 66.5 Å². The van der Waals surface area contributed by atoms with Crippen molar-refractivity contribution in [1.29, 1.82) is 0 Å². The molecule has 1 aromatic heterocycles. The zero-order valence-electron chi connectivity index (χ0n) is 16.0. The Morgan fingerprint density at radius 3 is 2.46 bits per heavy atom. The second kappa shape index (κ2) is 7.23. The van der Waals surface area contributed by atoms with Crippen LogP contribution in [0.1, 0.15) is 52.9 Å². The summed E-state index contributed by atoms with van der Waals surface area (Å²) in [6.45, 7) is 1.74. The molecule has 0 atom stereocenters. The summed E-state index contributed by atoms with van der Waals surface area (Å²) < 4.78 is 0. The molecule has 0 radical (unpaired) electrons. The molecule has 140 valence electrons. The fourth-order valence-electron chi connectivity index (χ4n) is 4.53. The highest BCUT2D eigenvalue weighted by Gasteiger charge is 2.29. The number of piperidine rings is 1. The number of rotatable bonds is 2. The average Bonchev–Trinajstić information content (AvgIpc) is 3.15. The normalized spacial score (nSPS) is 17.9. The quantitative estimate of drug-likeness (QED) is 0.611. The van der Waals surface area contributed by atoms with Crippen molar-refractivity contribution in [3.8, 4) is 0 Å². The Bertz CT molecular complexity index is 1060. The summed E-state index contributed by atoms with van der Waals surface area (Å²) in [6, 6.07) is 18.5. The first-order valence-corrected chi connectivity index (χ1v) is 10.3. The van der Waals surface area contributed by atoms with Gasteiger partial charge in [-0.1, -0.05) is 48.5 Å². The number of pyridine rings is 1. The van der Waals surface area contributed by atoms with Crippen molar-refractivity contribution in [2.24, 2.45) is 0 Å². The third-order valence-electron chi connectivity index (χ3n) is 5.94. The molecule has 0 unspecified atom stereocenters. The molecule has 1 fully saturated rings. The molecule has 3 nitrogen and oxygen atoms in total. The first-order chi connectivity index (χ1) is 13.8. The topological polar surface area (TPSA) is 33.2 Å². The fraction of sp³-hybridized carbons (Fsp3) is 0.280. The lowest BCUT2D eigenvalue weighted by Gasteiger charge is -2.28. The molecule has 0 saturated carbocycles. The van der Waals surface area contributed by atoms with E-state index in [0.29, 0.717) is 0 Å². The molecular weight excluding hydrogens is 344 g/mol. The Morgan fingerprint density at radius 2 is 1.64 bits per heavy atom. The third kappa shape index (κ3) is 3.01. The van der Waals surface area contributed by atoms with Gasteiger partial charge >= 0.3 is 0 Å². The number of nitrogens with zero attached hydrogens (tertiary/aromatic N) is 2. The van der Waals surface area contributed by atoms with Crippen LogP contribution in [0.15, 0.2) is 54.6 Å². The lowest BCUT2D eigenvalue weighted by molar-refractivity contribution is 0.0725. The van der Waals surface area contributed by atoms with E-state index in [9.17, 15) is 4.79 Å². The average molecular weight is 368 g/mol. The maximum absolute atomic E-state index is 13.5. The van der Waals surface area contributed by atoms with E-state index in [-0.39, 0.29) is 5.91 Å². The lowest BCUT2D eigenvalue weighted by atomic mass is 9.98. The van der Waals surface area contributed by atoms with Gasteiger partial charge in [-0.25, -0.2) is 4.98 Å². The predicted octanol–water partition coefficient (Wildman–Crippen LogP) is 5.35. The van der Waals surface area contributed by atoms with Gasteiger partial charge in [0.1, 0.15) is 0 Å². The number of carbonyl (C=O) groups is 1. The van der Waals surface area contributed by atoms with Gasteiger partial charge in [0.25, 0.3) is 5.91 Å². The number of carbonyl (C=O) groups excluding carboxylic acids is 1. The highest BCUT2D eigenvalue weighted by molar-refractivity contribution is 6.09. The van der Waals surface area contributed by atoms with Crippen LogP contribution in [-0.4, -0.2) is 28.9 Å². The Hall–Kier alpha value is -2.94. The van der Waals surface area contributed by atoms with Crippen LogP contribution in [-0.2, 0) is 6.42 Å². The first-order valence-electron chi connectivity index (χ1n) is 10.3. The molecule has 0 bridgehead atoms. The van der Waals surface area contributed by atoms with Crippen molar-refractivity contribution in [1.82, 2.24) is 9.88 Å². The molecule has 3 heteroatoms. The summed E-state index contributed by atoms with van der Waals surface area (Å²) in [5.74, 6) is 0.190. The highest BCUT2D eigenvalue weighted by Crippen LogP contribution is 2.38. The Labute approximate surface area is 165 Å². The minimum Gasteiger partial charge on any atom is -0.339 e. The highest BCUT2D eigenvalue weighted by atomic mass is 16.2. The number of fused-ring (bicyclic) bond motifs is 2. The van der Waals surface area contributed by atoms with Gasteiger partial charge in [0.05, 0.1) is 16.8 Å². The van der Waals surface area contributed by atoms with Crippen LogP contribution >= 0.6 is 0 Å². The van der Waals surface area contributed by atoms with Gasteiger partial charge in [-0.3, -0.25) is 4.79 Å². The van der Waals surface area contributed by atoms with Gasteiger partial charge in [-0.05, 0) is 60.9 Å². The molecule has 2 aromatic carbocycles. The van der Waals surface area contributed by atoms with Crippen molar-refractivity contribution in [3.63, 3.8) is 0 Å². The Kier molecular flexibility index (Phi) is 4.44. The number of para-hydroxylation sites is 1. The summed E-state index contributed by atoms with van der Waals surface area (Å²) in [5, 5.41) is 0.998. The van der Waals surface area contributed by atoms with Crippen LogP contribution in [0.5, 0.6) is 0 Å². The minimum atomic E-state index is 0.190. The van der Waals surface area contributed by atoms with Gasteiger partial charge in [-0.2, -0.15) is 0 Å². The molecular formula is C25H24N2O. The largest absolute Gasteiger partial charge is 0.339 e. The summed E-state index contributed by atoms with van der Waals surface area (Å²) in [4.78, 5) is 20.5. The molecule has 0 N–H and O–H groups in total. The molecule has 3 aromatic rings. The molecule has 0 spiro atoms. The number of amides is 1. The zero-order chi connectivity index (χ0) is 18.9. The fourth-order valence-corrected chi connectivity index (χ4v) is 4.53. The van der Waals surface area contributed by atoms with Crippen molar-refractivity contribution < 1.29 is 4.79 Å². The van der Waals surface area contributed by atoms with E-state index in [1.165, 1.54) is 17.6 Å².